The molecule has 8 rings (SSSR count). The van der Waals surface area contributed by atoms with Crippen molar-refractivity contribution in [2.24, 2.45) is 11.3 Å². The fourth-order valence-electron chi connectivity index (χ4n) is 5.88. The third kappa shape index (κ3) is 14.4. The van der Waals surface area contributed by atoms with Gasteiger partial charge in [-0.15, -0.1) is 34.0 Å². The Labute approximate surface area is 390 Å². The molecule has 0 aliphatic heterocycles. The van der Waals surface area contributed by atoms with E-state index < -0.39 is 53.2 Å². The Kier molecular flexibility index (Phi) is 18.3. The van der Waals surface area contributed by atoms with Gasteiger partial charge in [-0.3, -0.25) is 24.4 Å². The molecular formula is C41H30DyF9N2O6S3. The molecule has 5 heterocycles. The fourth-order valence-corrected chi connectivity index (χ4v) is 7.79. The smallest absolute Gasteiger partial charge is 0.869 e. The monoisotopic (exact) mass is 1080 g/mol. The minimum absolute atomic E-state index is 0. The van der Waals surface area contributed by atoms with Crippen LogP contribution < -0.4 is 15.3 Å². The molecular weight excluding hydrogens is 1050 g/mol. The number of ketones is 3. The predicted octanol–water partition coefficient (Wildman–Crippen LogP) is 9.04. The number of aromatic nitrogens is 2. The molecule has 0 aromatic carbocycles. The van der Waals surface area contributed by atoms with Crippen LogP contribution in [0.25, 0.3) is 11.4 Å². The van der Waals surface area contributed by atoms with Gasteiger partial charge >= 0.3 is 56.7 Å². The Morgan fingerprint density at radius 2 is 1.06 bits per heavy atom. The number of nitrogens with zero attached hydrogens (tertiary/aromatic N) is 2. The van der Waals surface area contributed by atoms with E-state index in [4.69, 9.17) is 0 Å². The molecule has 1 radical (unpaired) electrons. The molecule has 5 aromatic heterocycles. The van der Waals surface area contributed by atoms with Crippen molar-refractivity contribution in [3.8, 4) is 11.4 Å². The van der Waals surface area contributed by atoms with E-state index in [1.807, 2.05) is 24.4 Å². The van der Waals surface area contributed by atoms with Crippen LogP contribution in [0, 0.1) is 49.5 Å². The third-order valence-electron chi connectivity index (χ3n) is 9.18. The Bertz CT molecular complexity index is 2190. The van der Waals surface area contributed by atoms with Gasteiger partial charge in [0, 0.05) is 12.4 Å². The van der Waals surface area contributed by atoms with Crippen molar-refractivity contribution in [1.29, 1.82) is 0 Å². The normalized spacial score (nSPS) is 16.9. The minimum atomic E-state index is -4.98. The number of rotatable bonds is 7. The van der Waals surface area contributed by atoms with Crippen molar-refractivity contribution in [1.82, 2.24) is 9.97 Å². The van der Waals surface area contributed by atoms with Crippen molar-refractivity contribution >= 4 is 51.4 Å². The standard InChI is InChI=1S/C17H18N2.3C8H5F3O2S.Dy/c1-17(2)12-7-11-8-16(15-5-3-4-6-18-15)19-10-13(11)14(17)9-12;3*9-8(10,11)7(13)4-5(12)6-2-1-3-14-6;/h3-6,8,10,12,14H,7,9H2,1-2H3;3*1-4,13H;/q;;;;+3/p-3/b;3*7-4-;/t12-,14-;;;;/m1..../s1. The molecule has 62 heavy (non-hydrogen) atoms. The zero-order chi connectivity index (χ0) is 45.3. The van der Waals surface area contributed by atoms with Crippen LogP contribution in [-0.4, -0.2) is 45.8 Å². The summed E-state index contributed by atoms with van der Waals surface area (Å²) in [6.45, 7) is 4.81. The van der Waals surface area contributed by atoms with E-state index >= 15 is 0 Å². The van der Waals surface area contributed by atoms with Crippen LogP contribution in [-0.2, 0) is 6.42 Å². The molecule has 21 heteroatoms. The predicted molar refractivity (Wildman–Crippen MR) is 204 cm³/mol. The molecule has 331 valence electrons. The molecule has 1 saturated carbocycles. The van der Waals surface area contributed by atoms with E-state index in [2.05, 4.69) is 36.1 Å². The van der Waals surface area contributed by atoms with Crippen molar-refractivity contribution in [2.45, 2.75) is 51.1 Å². The van der Waals surface area contributed by atoms with Crippen LogP contribution in [0.2, 0.25) is 0 Å². The molecule has 0 spiro atoms. The summed E-state index contributed by atoms with van der Waals surface area (Å²) in [7, 11) is 0. The molecule has 3 aliphatic carbocycles. The van der Waals surface area contributed by atoms with E-state index in [9.17, 15) is 69.2 Å². The molecule has 2 atom stereocenters. The largest absolute Gasteiger partial charge is 3.00 e. The summed E-state index contributed by atoms with van der Waals surface area (Å²) in [6, 6.07) is 16.9. The van der Waals surface area contributed by atoms with Gasteiger partial charge < -0.3 is 15.3 Å². The number of carbonyl (C=O) groups excluding carboxylic acids is 3. The van der Waals surface area contributed by atoms with E-state index in [0.717, 1.165) is 51.3 Å². The molecule has 0 N–H and O–H groups in total. The van der Waals surface area contributed by atoms with Gasteiger partial charge in [0.05, 0.1) is 26.0 Å². The van der Waals surface area contributed by atoms with Gasteiger partial charge in [-0.25, -0.2) is 0 Å². The minimum Gasteiger partial charge on any atom is -0.869 e. The number of allylic oxidation sites excluding steroid dienone is 6. The van der Waals surface area contributed by atoms with Gasteiger partial charge in [0.25, 0.3) is 0 Å². The van der Waals surface area contributed by atoms with Crippen molar-refractivity contribution in [3.63, 3.8) is 0 Å². The molecule has 5 aromatic rings. The number of carbonyl (C=O) groups is 3. The average molecular weight is 1080 g/mol. The van der Waals surface area contributed by atoms with E-state index in [-0.39, 0.29) is 71.0 Å². The van der Waals surface area contributed by atoms with Crippen LogP contribution in [0.4, 0.5) is 39.5 Å². The van der Waals surface area contributed by atoms with Crippen LogP contribution >= 0.6 is 34.0 Å². The van der Waals surface area contributed by atoms with Crippen LogP contribution in [0.1, 0.15) is 66.3 Å². The van der Waals surface area contributed by atoms with Gasteiger partial charge in [0.2, 0.25) is 0 Å². The molecule has 0 unspecified atom stereocenters. The first kappa shape index (κ1) is 52.0. The summed E-state index contributed by atoms with van der Waals surface area (Å²) in [5.74, 6) is -7.56. The summed E-state index contributed by atoms with van der Waals surface area (Å²) >= 11 is 2.95. The van der Waals surface area contributed by atoms with Crippen LogP contribution in [0.5, 0.6) is 0 Å². The fraction of sp³-hybridized carbons (Fsp3) is 0.244. The van der Waals surface area contributed by atoms with Crippen LogP contribution in [0.15, 0.2) is 125 Å². The second-order valence-electron chi connectivity index (χ2n) is 13.5. The summed E-state index contributed by atoms with van der Waals surface area (Å²) < 4.78 is 105. The second kappa shape index (κ2) is 21.8. The zero-order valence-electron chi connectivity index (χ0n) is 31.7. The van der Waals surface area contributed by atoms with Gasteiger partial charge in [-0.1, -0.05) is 38.1 Å². The van der Waals surface area contributed by atoms with Gasteiger partial charge in [-0.2, -0.15) is 39.5 Å². The molecule has 3 aliphatic rings. The van der Waals surface area contributed by atoms with E-state index in [1.165, 1.54) is 60.4 Å². The summed E-state index contributed by atoms with van der Waals surface area (Å²) in [5.41, 5.74) is 5.44. The number of hydrogen-bond acceptors (Lipinski definition) is 11. The quantitative estimate of drug-likeness (QED) is 0.0680. The Hall–Kier alpha value is -4.33. The van der Waals surface area contributed by atoms with E-state index in [0.29, 0.717) is 11.3 Å². The number of alkyl halides is 9. The maximum Gasteiger partial charge on any atom is 3.00 e. The SMILES string of the molecule is CC1(C)[C@@H]2Cc3cc(-c4ccccn4)ncc3[C@H]1C2.O=C(/C=C(\[O-])C(F)(F)F)c1cccs1.O=C(/C=C(\[O-])C(F)(F)F)c1cccs1.O=C(/C=C(\[O-])C(F)(F)F)c1cccs1.[Dy+3]. The first-order valence-corrected chi connectivity index (χ1v) is 20.0. The summed E-state index contributed by atoms with van der Waals surface area (Å²) in [6.07, 6.45) is -8.26. The Balaban J connectivity index is 0.000000222. The molecule has 0 saturated heterocycles. The zero-order valence-corrected chi connectivity index (χ0v) is 36.2. The third-order valence-corrected chi connectivity index (χ3v) is 11.8. The number of halogens is 9. The summed E-state index contributed by atoms with van der Waals surface area (Å²) in [5, 5.41) is 35.7. The van der Waals surface area contributed by atoms with E-state index in [1.54, 1.807) is 16.1 Å². The molecule has 1 fully saturated rings. The Morgan fingerprint density at radius 3 is 1.39 bits per heavy atom. The van der Waals surface area contributed by atoms with Crippen LogP contribution in [0.3, 0.4) is 0 Å². The van der Waals surface area contributed by atoms with Gasteiger partial charge in [-0.05, 0) is 129 Å². The maximum absolute atomic E-state index is 11.7. The average Bonchev–Trinajstić information content (AvgIpc) is 4.03. The van der Waals surface area contributed by atoms with Gasteiger partial charge in [0.1, 0.15) is 0 Å². The van der Waals surface area contributed by atoms with Crippen molar-refractivity contribution in [3.05, 3.63) is 150 Å². The summed E-state index contributed by atoms with van der Waals surface area (Å²) in [4.78, 5) is 42.4. The second-order valence-corrected chi connectivity index (χ2v) is 16.4. The van der Waals surface area contributed by atoms with Crippen molar-refractivity contribution < 1.29 is 107 Å². The number of pyridine rings is 2. The van der Waals surface area contributed by atoms with Crippen molar-refractivity contribution in [2.75, 3.05) is 0 Å². The molecule has 0 amide bonds. The topological polar surface area (TPSA) is 146 Å². The number of thiophene rings is 3. The molecule has 8 nitrogen and oxygen atoms in total. The van der Waals surface area contributed by atoms with Gasteiger partial charge in [0.15, 0.2) is 17.3 Å². The molecule has 2 bridgehead atoms. The maximum atomic E-state index is 11.7. The first-order chi connectivity index (χ1) is 28.4. The first-order valence-electron chi connectivity index (χ1n) is 17.4. The number of hydrogen-bond donors (Lipinski definition) is 0. The Morgan fingerprint density at radius 1 is 0.645 bits per heavy atom.